The van der Waals surface area contributed by atoms with Crippen molar-refractivity contribution in [2.75, 3.05) is 39.3 Å². The summed E-state index contributed by atoms with van der Waals surface area (Å²) in [6, 6.07) is 0.246. The van der Waals surface area contributed by atoms with E-state index in [0.717, 1.165) is 64.4 Å². The van der Waals surface area contributed by atoms with Crippen molar-refractivity contribution in [1.82, 2.24) is 20.4 Å². The van der Waals surface area contributed by atoms with Gasteiger partial charge in [0.1, 0.15) is 5.60 Å². The number of ether oxygens (including phenoxy) is 1. The monoisotopic (exact) mass is 423 g/mol. The number of rotatable bonds is 6. The van der Waals surface area contributed by atoms with E-state index in [2.05, 4.69) is 17.6 Å². The van der Waals surface area contributed by atoms with Gasteiger partial charge in [-0.15, -0.1) is 0 Å². The van der Waals surface area contributed by atoms with Crippen molar-refractivity contribution in [1.29, 1.82) is 0 Å². The number of carbonyl (C=O) groups excluding carboxylic acids is 2. The maximum Gasteiger partial charge on any atom is 0.410 e. The van der Waals surface area contributed by atoms with Crippen molar-refractivity contribution in [2.45, 2.75) is 78.4 Å². The Labute approximate surface area is 181 Å². The molecule has 0 aliphatic carbocycles. The summed E-state index contributed by atoms with van der Waals surface area (Å²) in [5.41, 5.74) is -0.460. The molecule has 2 aliphatic heterocycles. The summed E-state index contributed by atoms with van der Waals surface area (Å²) >= 11 is 0. The standard InChI is InChI=1S/C22H41N5O3/c1-6-19(28)26-14-11-18(16-26)25-20(23-7-2)24-12-10-17-9-8-13-27(15-17)21(29)30-22(3,4)5/h17-18H,6-16H2,1-5H3,(H2,23,24,25). The molecular formula is C22H41N5O3. The number of amides is 2. The quantitative estimate of drug-likeness (QED) is 0.507. The number of aliphatic imine (C=N–C) groups is 1. The highest BCUT2D eigenvalue weighted by molar-refractivity contribution is 5.80. The first kappa shape index (κ1) is 24.3. The van der Waals surface area contributed by atoms with Crippen LogP contribution in [0.4, 0.5) is 4.79 Å². The molecule has 0 spiro atoms. The van der Waals surface area contributed by atoms with Gasteiger partial charge < -0.3 is 25.2 Å². The Balaban J connectivity index is 1.81. The molecule has 2 fully saturated rings. The number of hydrogen-bond acceptors (Lipinski definition) is 4. The molecule has 0 aromatic heterocycles. The molecule has 2 amide bonds. The summed E-state index contributed by atoms with van der Waals surface area (Å²) in [6.07, 6.45) is 4.37. The first-order valence-corrected chi connectivity index (χ1v) is 11.5. The molecule has 2 rings (SSSR count). The maximum absolute atomic E-state index is 12.3. The van der Waals surface area contributed by atoms with E-state index in [1.807, 2.05) is 37.5 Å². The molecule has 0 radical (unpaired) electrons. The molecule has 2 saturated heterocycles. The molecule has 2 atom stereocenters. The van der Waals surface area contributed by atoms with E-state index in [-0.39, 0.29) is 18.0 Å². The highest BCUT2D eigenvalue weighted by atomic mass is 16.6. The van der Waals surface area contributed by atoms with E-state index in [1.54, 1.807) is 0 Å². The first-order valence-electron chi connectivity index (χ1n) is 11.5. The zero-order valence-electron chi connectivity index (χ0n) is 19.5. The highest BCUT2D eigenvalue weighted by Crippen LogP contribution is 2.21. The van der Waals surface area contributed by atoms with Gasteiger partial charge in [0.2, 0.25) is 5.91 Å². The second kappa shape index (κ2) is 11.4. The number of nitrogens with zero attached hydrogens (tertiary/aromatic N) is 3. The molecule has 2 aliphatic rings. The van der Waals surface area contributed by atoms with Crippen molar-refractivity contribution >= 4 is 18.0 Å². The van der Waals surface area contributed by atoms with Crippen LogP contribution in [0.3, 0.4) is 0 Å². The van der Waals surface area contributed by atoms with Crippen LogP contribution in [-0.2, 0) is 9.53 Å². The lowest BCUT2D eigenvalue weighted by Crippen LogP contribution is -2.45. The van der Waals surface area contributed by atoms with E-state index in [4.69, 9.17) is 9.73 Å². The van der Waals surface area contributed by atoms with Crippen LogP contribution in [0.2, 0.25) is 0 Å². The summed E-state index contributed by atoms with van der Waals surface area (Å²) in [7, 11) is 0. The summed E-state index contributed by atoms with van der Waals surface area (Å²) < 4.78 is 5.52. The zero-order valence-corrected chi connectivity index (χ0v) is 19.5. The zero-order chi connectivity index (χ0) is 22.1. The Hall–Kier alpha value is -1.99. The lowest BCUT2D eigenvalue weighted by Gasteiger charge is -2.34. The van der Waals surface area contributed by atoms with Gasteiger partial charge in [0, 0.05) is 51.7 Å². The third-order valence-corrected chi connectivity index (χ3v) is 5.51. The van der Waals surface area contributed by atoms with E-state index < -0.39 is 5.60 Å². The van der Waals surface area contributed by atoms with Crippen molar-refractivity contribution < 1.29 is 14.3 Å². The molecule has 172 valence electrons. The van der Waals surface area contributed by atoms with Gasteiger partial charge in [-0.25, -0.2) is 4.79 Å². The van der Waals surface area contributed by atoms with E-state index in [9.17, 15) is 9.59 Å². The Bertz CT molecular complexity index is 602. The molecular weight excluding hydrogens is 382 g/mol. The van der Waals surface area contributed by atoms with Gasteiger partial charge in [-0.2, -0.15) is 0 Å². The minimum Gasteiger partial charge on any atom is -0.444 e. The minimum absolute atomic E-state index is 0.210. The maximum atomic E-state index is 12.3. The summed E-state index contributed by atoms with van der Waals surface area (Å²) in [5, 5.41) is 6.79. The molecule has 0 bridgehead atoms. The number of hydrogen-bond donors (Lipinski definition) is 2. The molecule has 0 aromatic rings. The van der Waals surface area contributed by atoms with Gasteiger partial charge in [0.25, 0.3) is 0 Å². The van der Waals surface area contributed by atoms with E-state index in [1.165, 1.54) is 0 Å². The number of piperidine rings is 1. The van der Waals surface area contributed by atoms with Gasteiger partial charge in [-0.1, -0.05) is 6.92 Å². The predicted molar refractivity (Wildman–Crippen MR) is 120 cm³/mol. The van der Waals surface area contributed by atoms with Crippen LogP contribution < -0.4 is 10.6 Å². The lowest BCUT2D eigenvalue weighted by molar-refractivity contribution is -0.129. The molecule has 0 aromatic carbocycles. The summed E-state index contributed by atoms with van der Waals surface area (Å²) in [5.74, 6) is 1.48. The second-order valence-corrected chi connectivity index (χ2v) is 9.31. The molecule has 2 N–H and O–H groups in total. The van der Waals surface area contributed by atoms with Gasteiger partial charge >= 0.3 is 6.09 Å². The number of nitrogens with one attached hydrogen (secondary N) is 2. The molecule has 0 saturated carbocycles. The summed E-state index contributed by atoms with van der Waals surface area (Å²) in [6.45, 7) is 14.2. The smallest absolute Gasteiger partial charge is 0.410 e. The fraction of sp³-hybridized carbons (Fsp3) is 0.864. The Kier molecular flexibility index (Phi) is 9.24. The third-order valence-electron chi connectivity index (χ3n) is 5.51. The number of guanidine groups is 1. The molecule has 8 heteroatoms. The van der Waals surface area contributed by atoms with Crippen LogP contribution in [0.25, 0.3) is 0 Å². The van der Waals surface area contributed by atoms with Crippen LogP contribution in [0, 0.1) is 5.92 Å². The van der Waals surface area contributed by atoms with Crippen molar-refractivity contribution in [3.8, 4) is 0 Å². The van der Waals surface area contributed by atoms with E-state index >= 15 is 0 Å². The van der Waals surface area contributed by atoms with Crippen LogP contribution >= 0.6 is 0 Å². The largest absolute Gasteiger partial charge is 0.444 e. The highest BCUT2D eigenvalue weighted by Gasteiger charge is 2.28. The molecule has 30 heavy (non-hydrogen) atoms. The van der Waals surface area contributed by atoms with Gasteiger partial charge in [0.15, 0.2) is 5.96 Å². The fourth-order valence-electron chi connectivity index (χ4n) is 3.99. The van der Waals surface area contributed by atoms with Crippen LogP contribution in [-0.4, -0.2) is 78.7 Å². The van der Waals surface area contributed by atoms with E-state index in [0.29, 0.717) is 18.9 Å². The first-order chi connectivity index (χ1) is 14.2. The fourth-order valence-corrected chi connectivity index (χ4v) is 3.99. The lowest BCUT2D eigenvalue weighted by atomic mass is 9.95. The SMILES string of the molecule is CCNC(=NCCC1CCCN(C(=O)OC(C)(C)C)C1)NC1CCN(C(=O)CC)C1. The normalized spacial score (nSPS) is 22.8. The molecule has 2 unspecified atom stereocenters. The Morgan fingerprint density at radius 2 is 1.87 bits per heavy atom. The number of carbonyl (C=O) groups is 2. The molecule has 2 heterocycles. The van der Waals surface area contributed by atoms with Crippen LogP contribution in [0.15, 0.2) is 4.99 Å². The predicted octanol–water partition coefficient (Wildman–Crippen LogP) is 2.59. The third kappa shape index (κ3) is 8.03. The Morgan fingerprint density at radius 3 is 2.53 bits per heavy atom. The average molecular weight is 424 g/mol. The van der Waals surface area contributed by atoms with Gasteiger partial charge in [0.05, 0.1) is 0 Å². The summed E-state index contributed by atoms with van der Waals surface area (Å²) in [4.78, 5) is 32.7. The molecule has 8 nitrogen and oxygen atoms in total. The van der Waals surface area contributed by atoms with Crippen molar-refractivity contribution in [2.24, 2.45) is 10.9 Å². The second-order valence-electron chi connectivity index (χ2n) is 9.31. The van der Waals surface area contributed by atoms with Crippen LogP contribution in [0.5, 0.6) is 0 Å². The average Bonchev–Trinajstić information content (AvgIpc) is 3.15. The van der Waals surface area contributed by atoms with Crippen molar-refractivity contribution in [3.05, 3.63) is 0 Å². The minimum atomic E-state index is -0.460. The van der Waals surface area contributed by atoms with Gasteiger partial charge in [-0.05, 0) is 59.3 Å². The van der Waals surface area contributed by atoms with Crippen LogP contribution in [0.1, 0.15) is 66.7 Å². The Morgan fingerprint density at radius 1 is 1.10 bits per heavy atom. The topological polar surface area (TPSA) is 86.3 Å². The van der Waals surface area contributed by atoms with Gasteiger partial charge in [-0.3, -0.25) is 9.79 Å². The number of likely N-dealkylation sites (tertiary alicyclic amines) is 2. The van der Waals surface area contributed by atoms with Crippen molar-refractivity contribution in [3.63, 3.8) is 0 Å².